The Hall–Kier alpha value is -0.920. The number of rotatable bonds is 0. The third-order valence-electron chi connectivity index (χ3n) is 0.805. The summed E-state index contributed by atoms with van der Waals surface area (Å²) in [6.07, 6.45) is 1.77. The van der Waals surface area contributed by atoms with Crippen LogP contribution in [-0.2, 0) is 0 Å². The van der Waals surface area contributed by atoms with Crippen molar-refractivity contribution >= 4 is 0 Å². The lowest BCUT2D eigenvalue weighted by atomic mass is 10.2. The van der Waals surface area contributed by atoms with Gasteiger partial charge in [0.15, 0.2) is 0 Å². The van der Waals surface area contributed by atoms with Crippen LogP contribution in [0, 0.1) is 17.8 Å². The van der Waals surface area contributed by atoms with Crippen LogP contribution in [0.25, 0.3) is 0 Å². The van der Waals surface area contributed by atoms with E-state index in [0.29, 0.717) is 5.92 Å². The fraction of sp³-hybridized carbons (Fsp3) is 0.500. The molecule has 0 nitrogen and oxygen atoms in total. The highest BCUT2D eigenvalue weighted by atomic mass is 13.8. The smallest absolute Gasteiger partial charge is 0.0301 e. The topological polar surface area (TPSA) is 0 Å². The van der Waals surface area contributed by atoms with Crippen LogP contribution in [0.2, 0.25) is 0 Å². The van der Waals surface area contributed by atoms with Crippen LogP contribution < -0.4 is 0 Å². The van der Waals surface area contributed by atoms with E-state index < -0.39 is 0 Å². The molecule has 0 aliphatic heterocycles. The molecule has 0 bridgehead atoms. The van der Waals surface area contributed by atoms with Crippen molar-refractivity contribution in [1.82, 2.24) is 0 Å². The molecule has 0 amide bonds. The second-order valence-electron chi connectivity index (χ2n) is 2.73. The quantitative estimate of drug-likeness (QED) is 0.353. The minimum atomic E-state index is 0.454. The Kier molecular flexibility index (Phi) is 4.46. The fourth-order valence-electron chi connectivity index (χ4n) is 0.389. The van der Waals surface area contributed by atoms with Gasteiger partial charge in [0.05, 0.1) is 0 Å². The lowest BCUT2D eigenvalue weighted by molar-refractivity contribution is 0.867. The van der Waals surface area contributed by atoms with Crippen molar-refractivity contribution in [2.45, 2.75) is 27.7 Å². The molecule has 0 aromatic rings. The normalized spacial score (nSPS) is 7.70. The van der Waals surface area contributed by atoms with Gasteiger partial charge in [-0.2, -0.15) is 0 Å². The Labute approximate surface area is 63.6 Å². The molecule has 0 fully saturated rings. The molecule has 0 spiro atoms. The highest BCUT2D eigenvalue weighted by Gasteiger charge is 1.77. The van der Waals surface area contributed by atoms with Crippen molar-refractivity contribution in [3.8, 4) is 11.8 Å². The van der Waals surface area contributed by atoms with E-state index in [1.165, 1.54) is 0 Å². The van der Waals surface area contributed by atoms with Gasteiger partial charge in [0, 0.05) is 12.0 Å². The molecule has 0 saturated heterocycles. The van der Waals surface area contributed by atoms with Gasteiger partial charge < -0.3 is 0 Å². The van der Waals surface area contributed by atoms with Gasteiger partial charge in [0.1, 0.15) is 0 Å². The van der Waals surface area contributed by atoms with E-state index >= 15 is 0 Å². The van der Waals surface area contributed by atoms with Gasteiger partial charge in [-0.25, -0.2) is 0 Å². The van der Waals surface area contributed by atoms with Crippen molar-refractivity contribution in [1.29, 1.82) is 0 Å². The Bertz CT molecular complexity index is 198. The summed E-state index contributed by atoms with van der Waals surface area (Å²) in [6, 6.07) is 0. The molecule has 0 rings (SSSR count). The lowest BCUT2D eigenvalue weighted by Gasteiger charge is -1.82. The van der Waals surface area contributed by atoms with Crippen molar-refractivity contribution < 1.29 is 0 Å². The summed E-state index contributed by atoms with van der Waals surface area (Å²) in [4.78, 5) is 0. The van der Waals surface area contributed by atoms with Crippen LogP contribution in [0.3, 0.4) is 0 Å². The van der Waals surface area contributed by atoms with Gasteiger partial charge >= 0.3 is 0 Å². The average molecular weight is 134 g/mol. The van der Waals surface area contributed by atoms with Crippen molar-refractivity contribution in [3.05, 3.63) is 17.4 Å². The molecule has 0 aliphatic rings. The summed E-state index contributed by atoms with van der Waals surface area (Å²) in [5.74, 6) is 6.38. The molecule has 0 radical (unpaired) electrons. The number of allylic oxidation sites excluding steroid dienone is 1. The van der Waals surface area contributed by atoms with Crippen LogP contribution in [0.15, 0.2) is 17.4 Å². The molecule has 0 aromatic heterocycles. The lowest BCUT2D eigenvalue weighted by Crippen LogP contribution is -1.75. The van der Waals surface area contributed by atoms with E-state index in [2.05, 4.69) is 31.4 Å². The molecular formula is C10H14. The maximum atomic E-state index is 3.02. The minimum absolute atomic E-state index is 0.454. The Morgan fingerprint density at radius 1 is 1.30 bits per heavy atom. The van der Waals surface area contributed by atoms with Crippen molar-refractivity contribution in [2.24, 2.45) is 5.92 Å². The maximum Gasteiger partial charge on any atom is 0.0301 e. The third kappa shape index (κ3) is 7.08. The molecule has 0 aromatic carbocycles. The first kappa shape index (κ1) is 9.08. The first-order chi connectivity index (χ1) is 4.63. The zero-order valence-corrected chi connectivity index (χ0v) is 7.15. The van der Waals surface area contributed by atoms with E-state index in [0.717, 1.165) is 5.57 Å². The van der Waals surface area contributed by atoms with Crippen LogP contribution in [0.5, 0.6) is 0 Å². The molecular weight excluding hydrogens is 120 g/mol. The summed E-state index contributed by atoms with van der Waals surface area (Å²) in [5, 5.41) is 0. The van der Waals surface area contributed by atoms with E-state index in [9.17, 15) is 0 Å². The second kappa shape index (κ2) is 4.91. The van der Waals surface area contributed by atoms with Gasteiger partial charge in [-0.05, 0) is 19.4 Å². The first-order valence-corrected chi connectivity index (χ1v) is 3.52. The van der Waals surface area contributed by atoms with E-state index in [1.807, 2.05) is 13.8 Å². The van der Waals surface area contributed by atoms with Gasteiger partial charge in [-0.3, -0.25) is 0 Å². The van der Waals surface area contributed by atoms with E-state index in [1.54, 1.807) is 6.08 Å². The van der Waals surface area contributed by atoms with E-state index in [-0.39, 0.29) is 0 Å². The molecule has 0 unspecified atom stereocenters. The van der Waals surface area contributed by atoms with Crippen molar-refractivity contribution in [3.63, 3.8) is 0 Å². The summed E-state index contributed by atoms with van der Waals surface area (Å²) < 4.78 is 0. The third-order valence-corrected chi connectivity index (χ3v) is 0.805. The van der Waals surface area contributed by atoms with Gasteiger partial charge in [0.25, 0.3) is 0 Å². The number of hydrogen-bond acceptors (Lipinski definition) is 0. The van der Waals surface area contributed by atoms with Gasteiger partial charge in [-0.15, -0.1) is 5.73 Å². The highest BCUT2D eigenvalue weighted by molar-refractivity contribution is 5.17. The summed E-state index contributed by atoms with van der Waals surface area (Å²) in [6.45, 7) is 8.16. The Morgan fingerprint density at radius 2 is 1.90 bits per heavy atom. The number of hydrogen-bond donors (Lipinski definition) is 0. The molecule has 0 heteroatoms. The van der Waals surface area contributed by atoms with Gasteiger partial charge in [0.2, 0.25) is 0 Å². The maximum absolute atomic E-state index is 3.02. The zero-order chi connectivity index (χ0) is 7.98. The molecule has 0 saturated carbocycles. The molecule has 0 heterocycles. The molecule has 10 heavy (non-hydrogen) atoms. The average Bonchev–Trinajstić information content (AvgIpc) is 1.79. The molecule has 0 atom stereocenters. The second-order valence-corrected chi connectivity index (χ2v) is 2.73. The predicted molar refractivity (Wildman–Crippen MR) is 45.6 cm³/mol. The van der Waals surface area contributed by atoms with Crippen LogP contribution in [0.1, 0.15) is 27.7 Å². The molecule has 0 N–H and O–H groups in total. The van der Waals surface area contributed by atoms with Crippen molar-refractivity contribution in [2.75, 3.05) is 0 Å². The summed E-state index contributed by atoms with van der Waals surface area (Å²) in [5.41, 5.74) is 4.18. The van der Waals surface area contributed by atoms with Crippen LogP contribution in [-0.4, -0.2) is 0 Å². The molecule has 54 valence electrons. The SMILES string of the molecule is CC(C)=C=CC#CC(C)C. The first-order valence-electron chi connectivity index (χ1n) is 3.52. The molecule has 0 aliphatic carbocycles. The summed E-state index contributed by atoms with van der Waals surface area (Å²) >= 11 is 0. The fourth-order valence-corrected chi connectivity index (χ4v) is 0.389. The van der Waals surface area contributed by atoms with E-state index in [4.69, 9.17) is 0 Å². The van der Waals surface area contributed by atoms with Crippen LogP contribution >= 0.6 is 0 Å². The zero-order valence-electron chi connectivity index (χ0n) is 7.15. The standard InChI is InChI=1S/C10H14/c1-9(2)7-5-6-8-10(3)4/h5,10H,1-4H3. The Balaban J connectivity index is 4.00. The van der Waals surface area contributed by atoms with Gasteiger partial charge in [-0.1, -0.05) is 25.7 Å². The monoisotopic (exact) mass is 134 g/mol. The largest absolute Gasteiger partial charge is 0.113 e. The predicted octanol–water partition coefficient (Wildman–Crippen LogP) is 2.77. The summed E-state index contributed by atoms with van der Waals surface area (Å²) in [7, 11) is 0. The highest BCUT2D eigenvalue weighted by Crippen LogP contribution is 1.86. The Morgan fingerprint density at radius 3 is 2.30 bits per heavy atom. The van der Waals surface area contributed by atoms with Crippen LogP contribution in [0.4, 0.5) is 0 Å². The minimum Gasteiger partial charge on any atom is -0.113 e.